The molecule has 0 aromatic rings. The van der Waals surface area contributed by atoms with Gasteiger partial charge in [0.1, 0.15) is 0 Å². The van der Waals surface area contributed by atoms with Gasteiger partial charge in [-0.05, 0) is 19.8 Å². The predicted molar refractivity (Wildman–Crippen MR) is 75.0 cm³/mol. The Morgan fingerprint density at radius 3 is 2.50 bits per heavy atom. The van der Waals surface area contributed by atoms with Crippen molar-refractivity contribution in [1.82, 2.24) is 9.80 Å². The number of rotatable bonds is 4. The van der Waals surface area contributed by atoms with E-state index in [1.54, 1.807) is 11.8 Å². The number of carbonyl (C=O) groups is 1. The van der Waals surface area contributed by atoms with Crippen LogP contribution in [0, 0.1) is 5.92 Å². The summed E-state index contributed by atoms with van der Waals surface area (Å²) in [6.45, 7) is 1.69. The molecule has 0 spiro atoms. The van der Waals surface area contributed by atoms with Crippen molar-refractivity contribution < 1.29 is 26.4 Å². The lowest BCUT2D eigenvalue weighted by Crippen LogP contribution is -2.45. The number of nitrogens with zero attached hydrogens (tertiary/aromatic N) is 2. The van der Waals surface area contributed by atoms with E-state index >= 15 is 0 Å². The molecule has 0 aromatic heterocycles. The van der Waals surface area contributed by atoms with Gasteiger partial charge in [0.05, 0.1) is 24.0 Å². The number of likely N-dealkylation sites (tertiary alicyclic amines) is 1. The first-order chi connectivity index (χ1) is 10.1. The maximum atomic E-state index is 12.5. The molecule has 2 atom stereocenters. The Morgan fingerprint density at radius 2 is 2.00 bits per heavy atom. The van der Waals surface area contributed by atoms with Gasteiger partial charge >= 0.3 is 6.18 Å². The Labute approximate surface area is 128 Å². The molecule has 5 nitrogen and oxygen atoms in total. The lowest BCUT2D eigenvalue weighted by atomic mass is 10.1. The molecule has 128 valence electrons. The summed E-state index contributed by atoms with van der Waals surface area (Å²) in [6.07, 6.45) is -3.43. The van der Waals surface area contributed by atoms with Gasteiger partial charge in [-0.15, -0.1) is 0 Å². The molecule has 0 N–H and O–H groups in total. The second kappa shape index (κ2) is 6.35. The molecule has 0 aliphatic carbocycles. The van der Waals surface area contributed by atoms with E-state index in [2.05, 4.69) is 0 Å². The normalized spacial score (nSPS) is 28.9. The van der Waals surface area contributed by atoms with Crippen molar-refractivity contribution in [2.45, 2.75) is 32.0 Å². The van der Waals surface area contributed by atoms with Crippen molar-refractivity contribution in [3.63, 3.8) is 0 Å². The minimum absolute atomic E-state index is 0.0197. The molecule has 2 heterocycles. The summed E-state index contributed by atoms with van der Waals surface area (Å²) in [4.78, 5) is 15.3. The van der Waals surface area contributed by atoms with E-state index in [0.717, 1.165) is 0 Å². The van der Waals surface area contributed by atoms with E-state index < -0.39 is 28.5 Å². The Morgan fingerprint density at radius 1 is 1.32 bits per heavy atom. The third-order valence-electron chi connectivity index (χ3n) is 4.30. The molecule has 0 radical (unpaired) electrons. The van der Waals surface area contributed by atoms with E-state index in [0.29, 0.717) is 25.9 Å². The third kappa shape index (κ3) is 4.34. The first-order valence-corrected chi connectivity index (χ1v) is 9.23. The SMILES string of the molecule is CCN(C(=O)C1CCS(=O)(=O)C1)C1CCN(CC(F)(F)F)C1. The Balaban J connectivity index is 1.96. The Kier molecular flexibility index (Phi) is 5.06. The molecule has 1 amide bonds. The molecule has 0 bridgehead atoms. The number of hydrogen-bond donors (Lipinski definition) is 0. The first-order valence-electron chi connectivity index (χ1n) is 7.41. The van der Waals surface area contributed by atoms with Gasteiger partial charge in [0.15, 0.2) is 9.84 Å². The highest BCUT2D eigenvalue weighted by atomic mass is 32.2. The van der Waals surface area contributed by atoms with E-state index in [9.17, 15) is 26.4 Å². The van der Waals surface area contributed by atoms with Gasteiger partial charge in [0.25, 0.3) is 0 Å². The van der Waals surface area contributed by atoms with Gasteiger partial charge in [-0.25, -0.2) is 8.42 Å². The fourth-order valence-corrected chi connectivity index (χ4v) is 5.01. The molecule has 2 fully saturated rings. The molecule has 2 aliphatic heterocycles. The maximum Gasteiger partial charge on any atom is 0.401 e. The van der Waals surface area contributed by atoms with Crippen molar-refractivity contribution >= 4 is 15.7 Å². The van der Waals surface area contributed by atoms with Crippen molar-refractivity contribution in [3.8, 4) is 0 Å². The molecule has 22 heavy (non-hydrogen) atoms. The van der Waals surface area contributed by atoms with Crippen molar-refractivity contribution in [2.75, 3.05) is 37.7 Å². The average Bonchev–Trinajstić information content (AvgIpc) is 2.95. The number of halogens is 3. The van der Waals surface area contributed by atoms with Gasteiger partial charge < -0.3 is 4.90 Å². The summed E-state index contributed by atoms with van der Waals surface area (Å²) < 4.78 is 60.2. The zero-order valence-corrected chi connectivity index (χ0v) is 13.3. The Hall–Kier alpha value is -0.830. The van der Waals surface area contributed by atoms with Gasteiger partial charge in [-0.1, -0.05) is 0 Å². The summed E-state index contributed by atoms with van der Waals surface area (Å²) in [6, 6.07) is -0.261. The van der Waals surface area contributed by atoms with Crippen LogP contribution in [0.4, 0.5) is 13.2 Å². The van der Waals surface area contributed by atoms with Crippen molar-refractivity contribution in [3.05, 3.63) is 0 Å². The lowest BCUT2D eigenvalue weighted by Gasteiger charge is -2.30. The van der Waals surface area contributed by atoms with Crippen LogP contribution in [0.3, 0.4) is 0 Å². The zero-order valence-electron chi connectivity index (χ0n) is 12.5. The highest BCUT2D eigenvalue weighted by Crippen LogP contribution is 2.26. The maximum absolute atomic E-state index is 12.5. The first kappa shape index (κ1) is 17.5. The molecule has 2 saturated heterocycles. The Bertz CT molecular complexity index is 521. The molecule has 2 rings (SSSR count). The van der Waals surface area contributed by atoms with E-state index in [1.807, 2.05) is 0 Å². The molecular formula is C13H21F3N2O3S. The quantitative estimate of drug-likeness (QED) is 0.762. The van der Waals surface area contributed by atoms with Crippen LogP contribution in [0.5, 0.6) is 0 Å². The summed E-state index contributed by atoms with van der Waals surface area (Å²) >= 11 is 0. The number of carbonyl (C=O) groups excluding carboxylic acids is 1. The zero-order chi connectivity index (χ0) is 16.5. The molecule has 2 aliphatic rings. The minimum atomic E-state index is -4.24. The predicted octanol–water partition coefficient (Wildman–Crippen LogP) is 0.906. The second-order valence-electron chi connectivity index (χ2n) is 6.02. The number of hydrogen-bond acceptors (Lipinski definition) is 4. The van der Waals surface area contributed by atoms with E-state index in [-0.39, 0.29) is 30.0 Å². The van der Waals surface area contributed by atoms with Crippen molar-refractivity contribution in [2.24, 2.45) is 5.92 Å². The smallest absolute Gasteiger partial charge is 0.338 e. The van der Waals surface area contributed by atoms with Crippen LogP contribution in [-0.2, 0) is 14.6 Å². The monoisotopic (exact) mass is 342 g/mol. The van der Waals surface area contributed by atoms with Crippen LogP contribution in [-0.4, -0.2) is 74.0 Å². The highest BCUT2D eigenvalue weighted by Gasteiger charge is 2.40. The largest absolute Gasteiger partial charge is 0.401 e. The van der Waals surface area contributed by atoms with Crippen molar-refractivity contribution in [1.29, 1.82) is 0 Å². The minimum Gasteiger partial charge on any atom is -0.338 e. The molecule has 0 aromatic carbocycles. The third-order valence-corrected chi connectivity index (χ3v) is 6.06. The number of amides is 1. The van der Waals surface area contributed by atoms with Crippen LogP contribution in [0.25, 0.3) is 0 Å². The van der Waals surface area contributed by atoms with Crippen LogP contribution in [0.1, 0.15) is 19.8 Å². The molecular weight excluding hydrogens is 321 g/mol. The highest BCUT2D eigenvalue weighted by molar-refractivity contribution is 7.91. The number of alkyl halides is 3. The second-order valence-corrected chi connectivity index (χ2v) is 8.25. The summed E-state index contributed by atoms with van der Waals surface area (Å²) in [7, 11) is -3.15. The topological polar surface area (TPSA) is 57.7 Å². The fraction of sp³-hybridized carbons (Fsp3) is 0.923. The summed E-state index contributed by atoms with van der Waals surface area (Å²) in [5.74, 6) is -0.892. The van der Waals surface area contributed by atoms with Gasteiger partial charge in [0, 0.05) is 25.7 Å². The lowest BCUT2D eigenvalue weighted by molar-refractivity contribution is -0.144. The summed E-state index contributed by atoms with van der Waals surface area (Å²) in [5.41, 5.74) is 0. The van der Waals surface area contributed by atoms with Gasteiger partial charge in [-0.2, -0.15) is 13.2 Å². The average molecular weight is 342 g/mol. The van der Waals surface area contributed by atoms with Crippen LogP contribution < -0.4 is 0 Å². The molecule has 2 unspecified atom stereocenters. The molecule has 0 saturated carbocycles. The van der Waals surface area contributed by atoms with E-state index in [1.165, 1.54) is 4.90 Å². The van der Waals surface area contributed by atoms with Crippen LogP contribution >= 0.6 is 0 Å². The van der Waals surface area contributed by atoms with Crippen LogP contribution in [0.2, 0.25) is 0 Å². The van der Waals surface area contributed by atoms with Gasteiger partial charge in [0.2, 0.25) is 5.91 Å². The van der Waals surface area contributed by atoms with Crippen LogP contribution in [0.15, 0.2) is 0 Å². The van der Waals surface area contributed by atoms with Gasteiger partial charge in [-0.3, -0.25) is 9.69 Å². The van der Waals surface area contributed by atoms with E-state index in [4.69, 9.17) is 0 Å². The summed E-state index contributed by atoms with van der Waals surface area (Å²) in [5, 5.41) is 0. The number of likely N-dealkylation sites (N-methyl/N-ethyl adjacent to an activating group) is 1. The molecule has 9 heteroatoms. The fourth-order valence-electron chi connectivity index (χ4n) is 3.28. The number of sulfone groups is 1. The standard InChI is InChI=1S/C13H21F3N2O3S/c1-2-18(12(19)10-4-6-22(20,21)8-10)11-3-5-17(7-11)9-13(14,15)16/h10-11H,2-9H2,1H3.